The molecule has 1 aliphatic carbocycles. The summed E-state index contributed by atoms with van der Waals surface area (Å²) in [6.07, 6.45) is 5.64. The highest BCUT2D eigenvalue weighted by Crippen LogP contribution is 2.46. The number of carbonyl (C=O) groups excluding carboxylic acids is 2. The van der Waals surface area contributed by atoms with Crippen LogP contribution in [0.25, 0.3) is 0 Å². The molecule has 1 aromatic rings. The Morgan fingerprint density at radius 1 is 1.52 bits per heavy atom. The maximum atomic E-state index is 12.8. The summed E-state index contributed by atoms with van der Waals surface area (Å²) in [6.45, 7) is 2.43. The van der Waals surface area contributed by atoms with Crippen LogP contribution in [0.3, 0.4) is 0 Å². The fourth-order valence-electron chi connectivity index (χ4n) is 3.56. The van der Waals surface area contributed by atoms with E-state index in [0.717, 1.165) is 36.9 Å². The normalized spacial score (nSPS) is 23.5. The fourth-order valence-corrected chi connectivity index (χ4v) is 3.56. The Morgan fingerprint density at radius 2 is 2.24 bits per heavy atom. The summed E-state index contributed by atoms with van der Waals surface area (Å²) in [5.41, 5.74) is 1.42. The van der Waals surface area contributed by atoms with Gasteiger partial charge in [0.2, 0.25) is 5.91 Å². The van der Waals surface area contributed by atoms with Crippen LogP contribution in [0.15, 0.2) is 6.20 Å². The Balaban J connectivity index is 1.74. The van der Waals surface area contributed by atoms with E-state index in [1.165, 1.54) is 0 Å². The molecule has 6 heteroatoms. The standard InChI is InChI=1S/C15H21N3O3/c1-10-11(8-16-17-10)9-18(2)14(20)12-7-13(19)21-15(12)5-3-4-6-15/h8,12H,3-7,9H2,1-2H3,(H,16,17)/t12-/m0/s1. The molecule has 1 N–H and O–H groups in total. The number of ether oxygens (including phenoxy) is 1. The number of rotatable bonds is 3. The molecular formula is C15H21N3O3. The van der Waals surface area contributed by atoms with E-state index >= 15 is 0 Å². The third-order valence-electron chi connectivity index (χ3n) is 4.79. The number of H-pyrrole nitrogens is 1. The van der Waals surface area contributed by atoms with E-state index in [1.54, 1.807) is 18.1 Å². The van der Waals surface area contributed by atoms with Crippen LogP contribution in [0.5, 0.6) is 0 Å². The smallest absolute Gasteiger partial charge is 0.307 e. The molecule has 1 aliphatic heterocycles. The summed E-state index contributed by atoms with van der Waals surface area (Å²) in [7, 11) is 1.78. The number of hydrogen-bond acceptors (Lipinski definition) is 4. The van der Waals surface area contributed by atoms with E-state index in [1.807, 2.05) is 6.92 Å². The number of amides is 1. The first kappa shape index (κ1) is 14.1. The summed E-state index contributed by atoms with van der Waals surface area (Å²) in [5, 5.41) is 6.84. The number of hydrogen-bond donors (Lipinski definition) is 1. The van der Waals surface area contributed by atoms with Gasteiger partial charge in [0.05, 0.1) is 18.5 Å². The average Bonchev–Trinajstić information content (AvgIpc) is 3.13. The van der Waals surface area contributed by atoms with Gasteiger partial charge in [-0.05, 0) is 32.6 Å². The number of aromatic nitrogens is 2. The van der Waals surface area contributed by atoms with Crippen LogP contribution in [0, 0.1) is 12.8 Å². The van der Waals surface area contributed by atoms with Crippen LogP contribution < -0.4 is 0 Å². The van der Waals surface area contributed by atoms with Gasteiger partial charge in [-0.1, -0.05) is 0 Å². The molecule has 1 saturated heterocycles. The van der Waals surface area contributed by atoms with Gasteiger partial charge in [0, 0.05) is 24.8 Å². The van der Waals surface area contributed by atoms with Crippen LogP contribution in [-0.4, -0.2) is 39.6 Å². The van der Waals surface area contributed by atoms with Gasteiger partial charge < -0.3 is 9.64 Å². The van der Waals surface area contributed by atoms with Crippen molar-refractivity contribution in [1.82, 2.24) is 15.1 Å². The number of esters is 1. The maximum absolute atomic E-state index is 12.8. The number of aromatic amines is 1. The molecule has 6 nitrogen and oxygen atoms in total. The van der Waals surface area contributed by atoms with Crippen molar-refractivity contribution in [2.24, 2.45) is 5.92 Å². The summed E-state index contributed by atoms with van der Waals surface area (Å²) in [6, 6.07) is 0. The molecule has 1 spiro atoms. The van der Waals surface area contributed by atoms with E-state index < -0.39 is 5.60 Å². The van der Waals surface area contributed by atoms with Crippen molar-refractivity contribution in [2.45, 2.75) is 51.2 Å². The molecule has 1 saturated carbocycles. The van der Waals surface area contributed by atoms with Crippen molar-refractivity contribution in [1.29, 1.82) is 0 Å². The van der Waals surface area contributed by atoms with Crippen LogP contribution in [0.2, 0.25) is 0 Å². The highest BCUT2D eigenvalue weighted by Gasteiger charge is 2.54. The zero-order valence-electron chi connectivity index (χ0n) is 12.5. The predicted molar refractivity (Wildman–Crippen MR) is 75.2 cm³/mol. The van der Waals surface area contributed by atoms with E-state index in [0.29, 0.717) is 6.54 Å². The van der Waals surface area contributed by atoms with E-state index in [4.69, 9.17) is 4.74 Å². The minimum atomic E-state index is -0.534. The molecule has 1 amide bonds. The van der Waals surface area contributed by atoms with Gasteiger partial charge in [0.15, 0.2) is 0 Å². The third kappa shape index (κ3) is 2.43. The van der Waals surface area contributed by atoms with Crippen molar-refractivity contribution >= 4 is 11.9 Å². The second-order valence-electron chi connectivity index (χ2n) is 6.22. The van der Waals surface area contributed by atoms with Crippen molar-refractivity contribution in [3.05, 3.63) is 17.5 Å². The van der Waals surface area contributed by atoms with Gasteiger partial charge in [-0.2, -0.15) is 5.10 Å². The lowest BCUT2D eigenvalue weighted by Crippen LogP contribution is -2.43. The van der Waals surface area contributed by atoms with Crippen LogP contribution in [0.1, 0.15) is 43.4 Å². The first-order valence-electron chi connectivity index (χ1n) is 7.47. The first-order valence-corrected chi connectivity index (χ1v) is 7.47. The van der Waals surface area contributed by atoms with Gasteiger partial charge in [0.1, 0.15) is 5.60 Å². The molecule has 2 aliphatic rings. The van der Waals surface area contributed by atoms with Crippen molar-refractivity contribution in [2.75, 3.05) is 7.05 Å². The molecule has 3 rings (SSSR count). The molecule has 1 aromatic heterocycles. The molecule has 0 aromatic carbocycles. The molecule has 0 bridgehead atoms. The number of aryl methyl sites for hydroxylation is 1. The minimum absolute atomic E-state index is 0.00310. The van der Waals surface area contributed by atoms with Crippen molar-refractivity contribution < 1.29 is 14.3 Å². The molecule has 1 atom stereocenters. The van der Waals surface area contributed by atoms with Gasteiger partial charge in [-0.25, -0.2) is 0 Å². The van der Waals surface area contributed by atoms with Crippen LogP contribution >= 0.6 is 0 Å². The van der Waals surface area contributed by atoms with Crippen molar-refractivity contribution in [3.8, 4) is 0 Å². The second kappa shape index (κ2) is 5.16. The Morgan fingerprint density at radius 3 is 2.86 bits per heavy atom. The molecule has 0 unspecified atom stereocenters. The Hall–Kier alpha value is -1.85. The lowest BCUT2D eigenvalue weighted by Gasteiger charge is -2.30. The summed E-state index contributed by atoms with van der Waals surface area (Å²) in [5.74, 6) is -0.559. The first-order chi connectivity index (χ1) is 10.0. The molecule has 114 valence electrons. The summed E-state index contributed by atoms with van der Waals surface area (Å²) < 4.78 is 5.55. The zero-order chi connectivity index (χ0) is 15.0. The van der Waals surface area contributed by atoms with Gasteiger partial charge in [0.25, 0.3) is 0 Å². The highest BCUT2D eigenvalue weighted by molar-refractivity contribution is 5.87. The largest absolute Gasteiger partial charge is 0.458 e. The highest BCUT2D eigenvalue weighted by atomic mass is 16.6. The number of carbonyl (C=O) groups is 2. The fraction of sp³-hybridized carbons (Fsp3) is 0.667. The van der Waals surface area contributed by atoms with E-state index in [2.05, 4.69) is 10.2 Å². The van der Waals surface area contributed by atoms with Crippen LogP contribution in [0.4, 0.5) is 0 Å². The Kier molecular flexibility index (Phi) is 3.47. The number of nitrogens with one attached hydrogen (secondary N) is 1. The Bertz CT molecular complexity index is 560. The third-order valence-corrected chi connectivity index (χ3v) is 4.79. The maximum Gasteiger partial charge on any atom is 0.307 e. The van der Waals surface area contributed by atoms with Crippen LogP contribution in [-0.2, 0) is 20.9 Å². The van der Waals surface area contributed by atoms with Gasteiger partial charge >= 0.3 is 5.97 Å². The number of nitrogens with zero attached hydrogens (tertiary/aromatic N) is 2. The molecule has 0 radical (unpaired) electrons. The predicted octanol–water partition coefficient (Wildman–Crippen LogP) is 1.55. The molecular weight excluding hydrogens is 270 g/mol. The van der Waals surface area contributed by atoms with E-state index in [9.17, 15) is 9.59 Å². The average molecular weight is 291 g/mol. The Labute approximate surface area is 123 Å². The molecule has 21 heavy (non-hydrogen) atoms. The minimum Gasteiger partial charge on any atom is -0.458 e. The van der Waals surface area contributed by atoms with Gasteiger partial charge in [-0.15, -0.1) is 0 Å². The second-order valence-corrected chi connectivity index (χ2v) is 6.22. The lowest BCUT2D eigenvalue weighted by molar-refractivity contribution is -0.151. The SMILES string of the molecule is Cc1[nH]ncc1CN(C)C(=O)[C@@H]1CC(=O)OC12CCCC2. The summed E-state index contributed by atoms with van der Waals surface area (Å²) in [4.78, 5) is 26.1. The quantitative estimate of drug-likeness (QED) is 0.857. The van der Waals surface area contributed by atoms with Gasteiger partial charge in [-0.3, -0.25) is 14.7 Å². The molecule has 2 fully saturated rings. The molecule has 2 heterocycles. The monoisotopic (exact) mass is 291 g/mol. The topological polar surface area (TPSA) is 75.3 Å². The van der Waals surface area contributed by atoms with E-state index in [-0.39, 0.29) is 24.2 Å². The summed E-state index contributed by atoms with van der Waals surface area (Å²) >= 11 is 0. The lowest BCUT2D eigenvalue weighted by atomic mass is 9.84. The zero-order valence-corrected chi connectivity index (χ0v) is 12.5. The van der Waals surface area contributed by atoms with Crippen molar-refractivity contribution in [3.63, 3.8) is 0 Å².